The van der Waals surface area contributed by atoms with Crippen LogP contribution in [0.3, 0.4) is 0 Å². The van der Waals surface area contributed by atoms with E-state index in [-0.39, 0.29) is 10.8 Å². The lowest BCUT2D eigenvalue weighted by atomic mass is 10.2. The van der Waals surface area contributed by atoms with Crippen molar-refractivity contribution in [1.29, 1.82) is 0 Å². The number of hydrogen-bond donors (Lipinski definition) is 1. The van der Waals surface area contributed by atoms with Gasteiger partial charge in [-0.1, -0.05) is 23.7 Å². The molecular weight excluding hydrogens is 400 g/mol. The number of hydrazine groups is 1. The van der Waals surface area contributed by atoms with E-state index in [9.17, 15) is 13.2 Å². The van der Waals surface area contributed by atoms with Crippen molar-refractivity contribution >= 4 is 33.2 Å². The summed E-state index contributed by atoms with van der Waals surface area (Å²) in [5.41, 5.74) is 3.58. The molecule has 2 aromatic carbocycles. The van der Waals surface area contributed by atoms with Gasteiger partial charge in [0.05, 0.1) is 10.6 Å². The van der Waals surface area contributed by atoms with Crippen LogP contribution in [-0.4, -0.2) is 64.5 Å². The van der Waals surface area contributed by atoms with E-state index in [2.05, 4.69) is 10.3 Å². The number of carbonyl (C=O) groups is 1. The second-order valence-corrected chi connectivity index (χ2v) is 9.12. The highest BCUT2D eigenvalue weighted by Crippen LogP contribution is 2.25. The average Bonchev–Trinajstić information content (AvgIpc) is 2.69. The number of sulfonamides is 1. The van der Waals surface area contributed by atoms with E-state index < -0.39 is 10.0 Å². The van der Waals surface area contributed by atoms with Gasteiger partial charge in [-0.05, 0) is 43.4 Å². The Morgan fingerprint density at radius 1 is 1.07 bits per heavy atom. The SMILES string of the molecule is CN1CCN(NC(=O)c2cccc(S(=O)(=O)N(C)c3cccc(Cl)c3)c2)CC1. The predicted octanol–water partition coefficient (Wildman–Crippen LogP) is 2.06. The number of benzene rings is 2. The van der Waals surface area contributed by atoms with Crippen LogP contribution in [0.1, 0.15) is 10.4 Å². The van der Waals surface area contributed by atoms with Crippen molar-refractivity contribution in [1.82, 2.24) is 15.3 Å². The molecule has 150 valence electrons. The first-order valence-electron chi connectivity index (χ1n) is 8.86. The molecule has 0 atom stereocenters. The third kappa shape index (κ3) is 4.64. The van der Waals surface area contributed by atoms with Gasteiger partial charge in [-0.15, -0.1) is 0 Å². The third-order valence-corrected chi connectivity index (χ3v) is 6.71. The number of hydrogen-bond acceptors (Lipinski definition) is 5. The number of rotatable bonds is 5. The van der Waals surface area contributed by atoms with Gasteiger partial charge < -0.3 is 4.90 Å². The molecule has 1 heterocycles. The van der Waals surface area contributed by atoms with Crippen molar-refractivity contribution in [2.75, 3.05) is 44.6 Å². The van der Waals surface area contributed by atoms with Gasteiger partial charge in [0.2, 0.25) is 0 Å². The van der Waals surface area contributed by atoms with Gasteiger partial charge in [-0.2, -0.15) is 0 Å². The zero-order chi connectivity index (χ0) is 20.3. The molecule has 1 fully saturated rings. The zero-order valence-corrected chi connectivity index (χ0v) is 17.4. The predicted molar refractivity (Wildman–Crippen MR) is 110 cm³/mol. The fourth-order valence-electron chi connectivity index (χ4n) is 2.89. The maximum Gasteiger partial charge on any atom is 0.265 e. The van der Waals surface area contributed by atoms with Crippen LogP contribution in [0.15, 0.2) is 53.4 Å². The highest BCUT2D eigenvalue weighted by Gasteiger charge is 2.23. The van der Waals surface area contributed by atoms with E-state index in [0.29, 0.717) is 16.3 Å². The molecule has 7 nitrogen and oxygen atoms in total. The van der Waals surface area contributed by atoms with Crippen molar-refractivity contribution in [2.45, 2.75) is 4.90 Å². The average molecular weight is 423 g/mol. The van der Waals surface area contributed by atoms with Crippen LogP contribution in [0.5, 0.6) is 0 Å². The number of carbonyl (C=O) groups excluding carboxylic acids is 1. The molecule has 0 radical (unpaired) electrons. The molecule has 1 amide bonds. The minimum absolute atomic E-state index is 0.0426. The Balaban J connectivity index is 1.79. The van der Waals surface area contributed by atoms with Crippen LogP contribution >= 0.6 is 11.6 Å². The van der Waals surface area contributed by atoms with Crippen molar-refractivity contribution in [2.24, 2.45) is 0 Å². The normalized spacial score (nSPS) is 16.0. The largest absolute Gasteiger partial charge is 0.304 e. The molecule has 28 heavy (non-hydrogen) atoms. The molecule has 3 rings (SSSR count). The quantitative estimate of drug-likeness (QED) is 0.798. The minimum Gasteiger partial charge on any atom is -0.304 e. The second kappa shape index (κ2) is 8.48. The molecule has 1 N–H and O–H groups in total. The van der Waals surface area contributed by atoms with Crippen LogP contribution < -0.4 is 9.73 Å². The number of nitrogens with zero attached hydrogens (tertiary/aromatic N) is 3. The number of likely N-dealkylation sites (N-methyl/N-ethyl adjacent to an activating group) is 1. The van der Waals surface area contributed by atoms with Gasteiger partial charge in [0.1, 0.15) is 0 Å². The summed E-state index contributed by atoms with van der Waals surface area (Å²) in [5, 5.41) is 2.29. The standard InChI is InChI=1S/C19H23ClN4O3S/c1-22-9-11-24(12-10-22)21-19(25)15-5-3-8-18(13-15)28(26,27)23(2)17-7-4-6-16(20)14-17/h3-8,13-14H,9-12H2,1-2H3,(H,21,25). The summed E-state index contributed by atoms with van der Waals surface area (Å²) >= 11 is 5.97. The van der Waals surface area contributed by atoms with E-state index in [1.807, 2.05) is 12.1 Å². The summed E-state index contributed by atoms with van der Waals surface area (Å²) in [6, 6.07) is 12.6. The first-order chi connectivity index (χ1) is 13.3. The van der Waals surface area contributed by atoms with Crippen LogP contribution in [-0.2, 0) is 10.0 Å². The van der Waals surface area contributed by atoms with Gasteiger partial charge >= 0.3 is 0 Å². The highest BCUT2D eigenvalue weighted by atomic mass is 35.5. The Kier molecular flexibility index (Phi) is 6.24. The number of nitrogens with one attached hydrogen (secondary N) is 1. The topological polar surface area (TPSA) is 73.0 Å². The van der Waals surface area contributed by atoms with Gasteiger partial charge in [0.25, 0.3) is 15.9 Å². The van der Waals surface area contributed by atoms with E-state index in [4.69, 9.17) is 11.6 Å². The smallest absolute Gasteiger partial charge is 0.265 e. The summed E-state index contributed by atoms with van der Waals surface area (Å²) < 4.78 is 27.1. The van der Waals surface area contributed by atoms with Crippen molar-refractivity contribution in [3.8, 4) is 0 Å². The van der Waals surface area contributed by atoms with Gasteiger partial charge in [-0.3, -0.25) is 14.5 Å². The van der Waals surface area contributed by atoms with E-state index in [0.717, 1.165) is 30.5 Å². The fraction of sp³-hybridized carbons (Fsp3) is 0.316. The first kappa shape index (κ1) is 20.6. The molecule has 0 bridgehead atoms. The molecule has 2 aromatic rings. The molecule has 1 aliphatic heterocycles. The summed E-state index contributed by atoms with van der Waals surface area (Å²) in [5.74, 6) is -0.327. The molecule has 0 aliphatic carbocycles. The highest BCUT2D eigenvalue weighted by molar-refractivity contribution is 7.92. The number of halogens is 1. The lowest BCUT2D eigenvalue weighted by Gasteiger charge is -2.32. The summed E-state index contributed by atoms with van der Waals surface area (Å²) in [6.07, 6.45) is 0. The van der Waals surface area contributed by atoms with Gasteiger partial charge in [0.15, 0.2) is 0 Å². The zero-order valence-electron chi connectivity index (χ0n) is 15.8. The lowest BCUT2D eigenvalue weighted by Crippen LogP contribution is -2.52. The molecule has 9 heteroatoms. The van der Waals surface area contributed by atoms with Crippen LogP contribution in [0.25, 0.3) is 0 Å². The Morgan fingerprint density at radius 2 is 1.75 bits per heavy atom. The molecule has 0 saturated carbocycles. The van der Waals surface area contributed by atoms with Crippen molar-refractivity contribution in [3.05, 3.63) is 59.1 Å². The molecule has 1 aliphatic rings. The lowest BCUT2D eigenvalue weighted by molar-refractivity contribution is 0.0662. The Hall–Kier alpha value is -2.13. The molecule has 0 spiro atoms. The van der Waals surface area contributed by atoms with Crippen molar-refractivity contribution in [3.63, 3.8) is 0 Å². The first-order valence-corrected chi connectivity index (χ1v) is 10.7. The molecule has 0 unspecified atom stereocenters. The molecular formula is C19H23ClN4O3S. The van der Waals surface area contributed by atoms with Gasteiger partial charge in [0, 0.05) is 43.8 Å². The van der Waals surface area contributed by atoms with Crippen LogP contribution in [0, 0.1) is 0 Å². The Labute approximate surface area is 170 Å². The Bertz CT molecular complexity index is 959. The maximum absolute atomic E-state index is 13.0. The monoisotopic (exact) mass is 422 g/mol. The van der Waals surface area contributed by atoms with E-state index in [1.165, 1.54) is 19.2 Å². The fourth-order valence-corrected chi connectivity index (χ4v) is 4.31. The van der Waals surface area contributed by atoms with Crippen LogP contribution in [0.2, 0.25) is 5.02 Å². The minimum atomic E-state index is -3.83. The van der Waals surface area contributed by atoms with Gasteiger partial charge in [-0.25, -0.2) is 13.4 Å². The van der Waals surface area contributed by atoms with E-state index >= 15 is 0 Å². The van der Waals surface area contributed by atoms with Crippen molar-refractivity contribution < 1.29 is 13.2 Å². The third-order valence-electron chi connectivity index (χ3n) is 4.69. The Morgan fingerprint density at radius 3 is 2.43 bits per heavy atom. The number of piperazine rings is 1. The number of anilines is 1. The summed E-state index contributed by atoms with van der Waals surface area (Å²) in [4.78, 5) is 14.8. The number of amides is 1. The second-order valence-electron chi connectivity index (χ2n) is 6.71. The summed E-state index contributed by atoms with van der Waals surface area (Å²) in [6.45, 7) is 3.16. The van der Waals surface area contributed by atoms with E-state index in [1.54, 1.807) is 36.4 Å². The van der Waals surface area contributed by atoms with Crippen LogP contribution in [0.4, 0.5) is 5.69 Å². The molecule has 0 aromatic heterocycles. The maximum atomic E-state index is 13.0. The summed E-state index contributed by atoms with van der Waals surface area (Å²) in [7, 11) is -0.343. The molecule has 1 saturated heterocycles.